The highest BCUT2D eigenvalue weighted by Gasteiger charge is 2.18. The molecule has 3 nitrogen and oxygen atoms in total. The van der Waals surface area contributed by atoms with Crippen molar-refractivity contribution < 1.29 is 9.47 Å². The number of hydrogen-bond acceptors (Lipinski definition) is 3. The minimum atomic E-state index is 0.565. The van der Waals surface area contributed by atoms with E-state index in [1.807, 2.05) is 6.07 Å². The first-order valence-corrected chi connectivity index (χ1v) is 6.67. The highest BCUT2D eigenvalue weighted by atomic mass is 79.9. The summed E-state index contributed by atoms with van der Waals surface area (Å²) in [5.41, 5.74) is 1.20. The molecular weight excluding hydrogens is 282 g/mol. The van der Waals surface area contributed by atoms with E-state index in [0.29, 0.717) is 6.04 Å². The van der Waals surface area contributed by atoms with Gasteiger partial charge in [0, 0.05) is 6.04 Å². The van der Waals surface area contributed by atoms with Crippen molar-refractivity contribution in [3.63, 3.8) is 0 Å². The van der Waals surface area contributed by atoms with Crippen LogP contribution in [0.25, 0.3) is 0 Å². The molecule has 1 saturated heterocycles. The van der Waals surface area contributed by atoms with E-state index in [-0.39, 0.29) is 0 Å². The van der Waals surface area contributed by atoms with Gasteiger partial charge in [0.2, 0.25) is 0 Å². The van der Waals surface area contributed by atoms with Gasteiger partial charge < -0.3 is 14.8 Å². The second-order valence-electron chi connectivity index (χ2n) is 4.30. The standard InChI is InChI=1S/C13H18BrNO2/c1-16-12-8-11(14)13(17-2)7-9(12)6-10-4-3-5-15-10/h7-8,10,15H,3-6H2,1-2H3/t10-/m0/s1. The summed E-state index contributed by atoms with van der Waals surface area (Å²) in [5.74, 6) is 1.78. The Morgan fingerprint density at radius 1 is 1.29 bits per heavy atom. The van der Waals surface area contributed by atoms with Crippen molar-refractivity contribution in [2.45, 2.75) is 25.3 Å². The van der Waals surface area contributed by atoms with Crippen LogP contribution in [0.2, 0.25) is 0 Å². The molecular formula is C13H18BrNO2. The summed E-state index contributed by atoms with van der Waals surface area (Å²) in [4.78, 5) is 0. The zero-order chi connectivity index (χ0) is 12.3. The third kappa shape index (κ3) is 2.93. The highest BCUT2D eigenvalue weighted by Crippen LogP contribution is 2.33. The number of methoxy groups -OCH3 is 2. The molecule has 2 rings (SSSR count). The van der Waals surface area contributed by atoms with E-state index in [1.165, 1.54) is 18.4 Å². The van der Waals surface area contributed by atoms with Gasteiger partial charge in [0.15, 0.2) is 0 Å². The van der Waals surface area contributed by atoms with Crippen molar-refractivity contribution in [2.75, 3.05) is 20.8 Å². The van der Waals surface area contributed by atoms with Crippen molar-refractivity contribution in [1.29, 1.82) is 0 Å². The molecule has 0 spiro atoms. The predicted molar refractivity (Wildman–Crippen MR) is 72.0 cm³/mol. The zero-order valence-corrected chi connectivity index (χ0v) is 11.8. The summed E-state index contributed by atoms with van der Waals surface area (Å²) in [7, 11) is 3.39. The number of ether oxygens (including phenoxy) is 2. The molecule has 0 radical (unpaired) electrons. The van der Waals surface area contributed by atoms with Crippen LogP contribution in [0.3, 0.4) is 0 Å². The lowest BCUT2D eigenvalue weighted by molar-refractivity contribution is 0.394. The normalized spacial score (nSPS) is 19.4. The molecule has 1 aliphatic rings. The number of benzene rings is 1. The molecule has 17 heavy (non-hydrogen) atoms. The fourth-order valence-corrected chi connectivity index (χ4v) is 2.76. The second kappa shape index (κ2) is 5.74. The Hall–Kier alpha value is -0.740. The molecule has 94 valence electrons. The van der Waals surface area contributed by atoms with Gasteiger partial charge in [0.25, 0.3) is 0 Å². The average molecular weight is 300 g/mol. The molecule has 0 aromatic heterocycles. The summed E-state index contributed by atoms with van der Waals surface area (Å²) >= 11 is 3.47. The van der Waals surface area contributed by atoms with E-state index in [9.17, 15) is 0 Å². The summed E-state index contributed by atoms with van der Waals surface area (Å²) in [6, 6.07) is 4.60. The van der Waals surface area contributed by atoms with Crippen LogP contribution >= 0.6 is 15.9 Å². The number of halogens is 1. The Bertz CT molecular complexity index is 389. The molecule has 1 aromatic rings. The molecule has 1 atom stereocenters. The van der Waals surface area contributed by atoms with Crippen LogP contribution in [0, 0.1) is 0 Å². The van der Waals surface area contributed by atoms with Gasteiger partial charge >= 0.3 is 0 Å². The van der Waals surface area contributed by atoms with E-state index in [4.69, 9.17) is 9.47 Å². The Morgan fingerprint density at radius 2 is 2.06 bits per heavy atom. The molecule has 0 amide bonds. The maximum absolute atomic E-state index is 5.42. The van der Waals surface area contributed by atoms with Gasteiger partial charge in [-0.05, 0) is 59.4 Å². The number of nitrogens with one attached hydrogen (secondary N) is 1. The lowest BCUT2D eigenvalue weighted by Gasteiger charge is -2.15. The van der Waals surface area contributed by atoms with E-state index in [1.54, 1.807) is 14.2 Å². The molecule has 0 aliphatic carbocycles. The first-order chi connectivity index (χ1) is 8.24. The van der Waals surface area contributed by atoms with Crippen LogP contribution in [0.4, 0.5) is 0 Å². The van der Waals surface area contributed by atoms with Gasteiger partial charge in [-0.25, -0.2) is 0 Å². The molecule has 1 heterocycles. The second-order valence-corrected chi connectivity index (χ2v) is 5.15. The van der Waals surface area contributed by atoms with Gasteiger partial charge in [0.05, 0.1) is 18.7 Å². The maximum Gasteiger partial charge on any atom is 0.133 e. The van der Waals surface area contributed by atoms with E-state index in [0.717, 1.165) is 28.9 Å². The third-order valence-corrected chi connectivity index (χ3v) is 3.80. The lowest BCUT2D eigenvalue weighted by Crippen LogP contribution is -2.23. The number of hydrogen-bond donors (Lipinski definition) is 1. The smallest absolute Gasteiger partial charge is 0.133 e. The van der Waals surface area contributed by atoms with E-state index in [2.05, 4.69) is 27.3 Å². The van der Waals surface area contributed by atoms with Gasteiger partial charge in [0.1, 0.15) is 11.5 Å². The molecule has 1 aromatic carbocycles. The van der Waals surface area contributed by atoms with Gasteiger partial charge in [-0.15, -0.1) is 0 Å². The Labute approximate surface area is 111 Å². The molecule has 1 N–H and O–H groups in total. The van der Waals surface area contributed by atoms with Crippen molar-refractivity contribution in [3.8, 4) is 11.5 Å². The van der Waals surface area contributed by atoms with Crippen LogP contribution in [-0.4, -0.2) is 26.8 Å². The first-order valence-electron chi connectivity index (χ1n) is 5.88. The van der Waals surface area contributed by atoms with Crippen molar-refractivity contribution >= 4 is 15.9 Å². The number of rotatable bonds is 4. The summed E-state index contributed by atoms with van der Waals surface area (Å²) in [6.45, 7) is 1.13. The molecule has 4 heteroatoms. The molecule has 0 saturated carbocycles. The Morgan fingerprint density at radius 3 is 2.65 bits per heavy atom. The van der Waals surface area contributed by atoms with Crippen LogP contribution in [0.15, 0.2) is 16.6 Å². The minimum Gasteiger partial charge on any atom is -0.496 e. The van der Waals surface area contributed by atoms with Crippen LogP contribution in [0.5, 0.6) is 11.5 Å². The summed E-state index contributed by atoms with van der Waals surface area (Å²) in [5, 5.41) is 3.50. The van der Waals surface area contributed by atoms with Gasteiger partial charge in [-0.3, -0.25) is 0 Å². The van der Waals surface area contributed by atoms with Crippen molar-refractivity contribution in [1.82, 2.24) is 5.32 Å². The SMILES string of the molecule is COc1cc(C[C@@H]2CCCN2)c(OC)cc1Br. The average Bonchev–Trinajstić information content (AvgIpc) is 2.83. The Balaban J connectivity index is 2.23. The topological polar surface area (TPSA) is 30.5 Å². The van der Waals surface area contributed by atoms with Gasteiger partial charge in [-0.1, -0.05) is 0 Å². The quantitative estimate of drug-likeness (QED) is 0.927. The van der Waals surface area contributed by atoms with Crippen LogP contribution < -0.4 is 14.8 Å². The maximum atomic E-state index is 5.42. The van der Waals surface area contributed by atoms with E-state index >= 15 is 0 Å². The molecule has 1 aliphatic heterocycles. The lowest BCUT2D eigenvalue weighted by atomic mass is 10.0. The zero-order valence-electron chi connectivity index (χ0n) is 10.3. The first kappa shape index (κ1) is 12.7. The fraction of sp³-hybridized carbons (Fsp3) is 0.538. The summed E-state index contributed by atoms with van der Waals surface area (Å²) in [6.07, 6.45) is 3.50. The minimum absolute atomic E-state index is 0.565. The van der Waals surface area contributed by atoms with Crippen LogP contribution in [-0.2, 0) is 6.42 Å². The predicted octanol–water partition coefficient (Wildman–Crippen LogP) is 2.76. The van der Waals surface area contributed by atoms with Crippen LogP contribution in [0.1, 0.15) is 18.4 Å². The molecule has 1 fully saturated rings. The van der Waals surface area contributed by atoms with Crippen molar-refractivity contribution in [2.24, 2.45) is 0 Å². The highest BCUT2D eigenvalue weighted by molar-refractivity contribution is 9.10. The fourth-order valence-electron chi connectivity index (χ4n) is 2.28. The van der Waals surface area contributed by atoms with E-state index < -0.39 is 0 Å². The molecule has 0 bridgehead atoms. The summed E-state index contributed by atoms with van der Waals surface area (Å²) < 4.78 is 11.7. The third-order valence-electron chi connectivity index (χ3n) is 3.18. The largest absolute Gasteiger partial charge is 0.496 e. The monoisotopic (exact) mass is 299 g/mol. The Kier molecular flexibility index (Phi) is 4.29. The van der Waals surface area contributed by atoms with Crippen molar-refractivity contribution in [3.05, 3.63) is 22.2 Å². The van der Waals surface area contributed by atoms with Gasteiger partial charge in [-0.2, -0.15) is 0 Å². The molecule has 0 unspecified atom stereocenters.